The lowest BCUT2D eigenvalue weighted by molar-refractivity contribution is -0.112. The number of carbonyl (C=O) groups excluding carboxylic acids is 2. The van der Waals surface area contributed by atoms with Crippen LogP contribution in [0.1, 0.15) is 15.9 Å². The van der Waals surface area contributed by atoms with E-state index < -0.39 is 11.9 Å². The first-order valence-electron chi connectivity index (χ1n) is 8.28. The summed E-state index contributed by atoms with van der Waals surface area (Å²) in [6, 6.07) is 9.69. The van der Waals surface area contributed by atoms with Gasteiger partial charge in [0.2, 0.25) is 5.88 Å². The molecular weight excluding hydrogens is 474 g/mol. The van der Waals surface area contributed by atoms with Crippen molar-refractivity contribution in [1.29, 1.82) is 0 Å². The van der Waals surface area contributed by atoms with Crippen LogP contribution < -0.4 is 5.32 Å². The lowest BCUT2D eigenvalue weighted by Crippen LogP contribution is -2.12. The fourth-order valence-corrected chi connectivity index (χ4v) is 3.39. The molecule has 0 atom stereocenters. The van der Waals surface area contributed by atoms with Crippen LogP contribution in [0.25, 0.3) is 17.3 Å². The minimum absolute atomic E-state index is 0.0428. The SMILES string of the molecule is COC(=O)c1c(-c2c(Cl)cccc2Cl)noc1NC(=O)/C=C/c1ccc(Cl)c(Cl)c1. The quantitative estimate of drug-likeness (QED) is 0.334. The number of esters is 1. The molecule has 3 aromatic rings. The fraction of sp³-hybridized carbons (Fsp3) is 0.0500. The molecule has 1 aromatic heterocycles. The van der Waals surface area contributed by atoms with Crippen molar-refractivity contribution in [1.82, 2.24) is 5.16 Å². The van der Waals surface area contributed by atoms with E-state index in [1.54, 1.807) is 36.4 Å². The predicted molar refractivity (Wildman–Crippen MR) is 117 cm³/mol. The van der Waals surface area contributed by atoms with Gasteiger partial charge in [0, 0.05) is 11.6 Å². The molecule has 154 valence electrons. The zero-order chi connectivity index (χ0) is 21.8. The third-order valence-corrected chi connectivity index (χ3v) is 5.26. The van der Waals surface area contributed by atoms with Crippen LogP contribution in [-0.2, 0) is 9.53 Å². The molecule has 6 nitrogen and oxygen atoms in total. The van der Waals surface area contributed by atoms with Gasteiger partial charge in [-0.25, -0.2) is 4.79 Å². The van der Waals surface area contributed by atoms with Crippen LogP contribution in [0.4, 0.5) is 5.88 Å². The summed E-state index contributed by atoms with van der Waals surface area (Å²) in [4.78, 5) is 24.7. The smallest absolute Gasteiger partial charge is 0.345 e. The van der Waals surface area contributed by atoms with Gasteiger partial charge < -0.3 is 9.26 Å². The molecule has 1 heterocycles. The van der Waals surface area contributed by atoms with E-state index in [4.69, 9.17) is 55.7 Å². The Bertz CT molecular complexity index is 1140. The number of hydrogen-bond donors (Lipinski definition) is 1. The number of ether oxygens (including phenoxy) is 1. The monoisotopic (exact) mass is 484 g/mol. The van der Waals surface area contributed by atoms with E-state index in [1.165, 1.54) is 19.3 Å². The molecule has 0 unspecified atom stereocenters. The van der Waals surface area contributed by atoms with E-state index >= 15 is 0 Å². The summed E-state index contributed by atoms with van der Waals surface area (Å²) in [7, 11) is 1.18. The molecule has 30 heavy (non-hydrogen) atoms. The fourth-order valence-electron chi connectivity index (χ4n) is 2.50. The summed E-state index contributed by atoms with van der Waals surface area (Å²) in [5.41, 5.74) is 0.843. The molecule has 1 N–H and O–H groups in total. The van der Waals surface area contributed by atoms with Gasteiger partial charge in [0.25, 0.3) is 5.91 Å². The molecule has 0 saturated carbocycles. The van der Waals surface area contributed by atoms with Crippen LogP contribution in [0, 0.1) is 0 Å². The Balaban J connectivity index is 1.91. The van der Waals surface area contributed by atoms with Crippen LogP contribution >= 0.6 is 46.4 Å². The van der Waals surface area contributed by atoms with Crippen LogP contribution in [0.5, 0.6) is 0 Å². The molecule has 10 heteroatoms. The van der Waals surface area contributed by atoms with Crippen molar-refractivity contribution in [3.8, 4) is 11.3 Å². The molecular formula is C20H12Cl4N2O4. The highest BCUT2D eigenvalue weighted by Crippen LogP contribution is 2.38. The third kappa shape index (κ3) is 4.79. The van der Waals surface area contributed by atoms with Crippen molar-refractivity contribution in [2.45, 2.75) is 0 Å². The van der Waals surface area contributed by atoms with Gasteiger partial charge in [0.1, 0.15) is 5.69 Å². The molecule has 0 saturated heterocycles. The van der Waals surface area contributed by atoms with Gasteiger partial charge in [-0.2, -0.15) is 0 Å². The van der Waals surface area contributed by atoms with Crippen molar-refractivity contribution in [3.05, 3.63) is 73.7 Å². The van der Waals surface area contributed by atoms with Gasteiger partial charge in [0.15, 0.2) is 5.56 Å². The minimum atomic E-state index is -0.786. The van der Waals surface area contributed by atoms with E-state index in [2.05, 4.69) is 10.5 Å². The number of amides is 1. The van der Waals surface area contributed by atoms with Crippen molar-refractivity contribution < 1.29 is 18.8 Å². The number of methoxy groups -OCH3 is 1. The van der Waals surface area contributed by atoms with Gasteiger partial charge >= 0.3 is 5.97 Å². The standard InChI is InChI=1S/C20H12Cl4N2O4/c1-29-20(28)17-18(16-12(22)3-2-4-13(16)23)26-30-19(17)25-15(27)8-6-10-5-7-11(21)14(24)9-10/h2-9H,1H3,(H,25,27)/b8-6+. The number of hydrogen-bond acceptors (Lipinski definition) is 5. The number of nitrogens with one attached hydrogen (secondary N) is 1. The summed E-state index contributed by atoms with van der Waals surface area (Å²) in [6.07, 6.45) is 2.74. The van der Waals surface area contributed by atoms with Gasteiger partial charge in [0.05, 0.1) is 27.2 Å². The Morgan fingerprint density at radius 1 is 1.03 bits per heavy atom. The van der Waals surface area contributed by atoms with Gasteiger partial charge in [-0.3, -0.25) is 10.1 Å². The molecule has 0 spiro atoms. The number of anilines is 1. The molecule has 0 aliphatic carbocycles. The average Bonchev–Trinajstić information content (AvgIpc) is 3.11. The minimum Gasteiger partial charge on any atom is -0.465 e. The molecule has 0 bridgehead atoms. The maximum absolute atomic E-state index is 12.3. The summed E-state index contributed by atoms with van der Waals surface area (Å²) in [5.74, 6) is -1.58. The van der Waals surface area contributed by atoms with Crippen LogP contribution in [0.3, 0.4) is 0 Å². The topological polar surface area (TPSA) is 81.4 Å². The molecule has 0 fully saturated rings. The van der Waals surface area contributed by atoms with E-state index in [0.717, 1.165) is 0 Å². The maximum atomic E-state index is 12.3. The van der Waals surface area contributed by atoms with E-state index in [1.807, 2.05) is 0 Å². The third-order valence-electron chi connectivity index (χ3n) is 3.89. The van der Waals surface area contributed by atoms with Crippen LogP contribution in [-0.4, -0.2) is 24.1 Å². The highest BCUT2D eigenvalue weighted by atomic mass is 35.5. The Morgan fingerprint density at radius 2 is 1.73 bits per heavy atom. The average molecular weight is 486 g/mol. The second kappa shape index (κ2) is 9.53. The van der Waals surface area contributed by atoms with E-state index in [9.17, 15) is 9.59 Å². The Morgan fingerprint density at radius 3 is 2.37 bits per heavy atom. The molecule has 0 radical (unpaired) electrons. The second-order valence-electron chi connectivity index (χ2n) is 5.82. The van der Waals surface area contributed by atoms with Gasteiger partial charge in [-0.15, -0.1) is 0 Å². The normalized spacial score (nSPS) is 11.0. The van der Waals surface area contributed by atoms with Crippen molar-refractivity contribution >= 4 is 70.2 Å². The first-order chi connectivity index (χ1) is 14.3. The number of benzene rings is 2. The Kier molecular flexibility index (Phi) is 7.05. The summed E-state index contributed by atoms with van der Waals surface area (Å²) >= 11 is 24.2. The van der Waals surface area contributed by atoms with Gasteiger partial charge in [-0.05, 0) is 35.9 Å². The Hall–Kier alpha value is -2.51. The second-order valence-corrected chi connectivity index (χ2v) is 7.45. The Labute approximate surface area is 191 Å². The largest absolute Gasteiger partial charge is 0.465 e. The molecule has 0 aliphatic rings. The van der Waals surface area contributed by atoms with Crippen molar-refractivity contribution in [3.63, 3.8) is 0 Å². The first kappa shape index (κ1) is 22.2. The summed E-state index contributed by atoms with van der Waals surface area (Å²) in [6.45, 7) is 0. The number of aromatic nitrogens is 1. The zero-order valence-corrected chi connectivity index (χ0v) is 18.2. The van der Waals surface area contributed by atoms with Crippen LogP contribution in [0.2, 0.25) is 20.1 Å². The van der Waals surface area contributed by atoms with Crippen molar-refractivity contribution in [2.75, 3.05) is 12.4 Å². The lowest BCUT2D eigenvalue weighted by atomic mass is 10.1. The van der Waals surface area contributed by atoms with E-state index in [-0.39, 0.29) is 32.8 Å². The molecule has 3 rings (SSSR count). The number of halogens is 4. The zero-order valence-electron chi connectivity index (χ0n) is 15.2. The summed E-state index contributed by atoms with van der Waals surface area (Å²) in [5, 5.41) is 7.55. The predicted octanol–water partition coefficient (Wildman–Crippen LogP) is 6.39. The molecule has 0 aliphatic heterocycles. The first-order valence-corrected chi connectivity index (χ1v) is 9.79. The number of carbonyl (C=O) groups is 2. The molecule has 2 aromatic carbocycles. The van der Waals surface area contributed by atoms with Gasteiger partial charge in [-0.1, -0.05) is 63.7 Å². The molecule has 1 amide bonds. The highest BCUT2D eigenvalue weighted by Gasteiger charge is 2.28. The summed E-state index contributed by atoms with van der Waals surface area (Å²) < 4.78 is 9.96. The van der Waals surface area contributed by atoms with Crippen molar-refractivity contribution in [2.24, 2.45) is 0 Å². The van der Waals surface area contributed by atoms with Crippen LogP contribution in [0.15, 0.2) is 47.0 Å². The number of nitrogens with zero attached hydrogens (tertiary/aromatic N) is 1. The maximum Gasteiger partial charge on any atom is 0.345 e. The highest BCUT2D eigenvalue weighted by molar-refractivity contribution is 6.42. The number of rotatable bonds is 5. The van der Waals surface area contributed by atoms with E-state index in [0.29, 0.717) is 15.6 Å². The lowest BCUT2D eigenvalue weighted by Gasteiger charge is -2.06.